The molecule has 0 aromatic rings. The average molecular weight is 296 g/mol. The number of carbonyl (C=O) groups is 2. The van der Waals surface area contributed by atoms with E-state index in [-0.39, 0.29) is 6.03 Å². The van der Waals surface area contributed by atoms with Crippen molar-refractivity contribution in [2.75, 3.05) is 20.1 Å². The number of hydrogen-bond acceptors (Lipinski definition) is 2. The molecule has 2 rings (SSSR count). The van der Waals surface area contributed by atoms with Crippen molar-refractivity contribution in [3.05, 3.63) is 0 Å². The van der Waals surface area contributed by atoms with Crippen molar-refractivity contribution in [2.45, 2.75) is 64.3 Å². The number of aliphatic carboxylic acids is 1. The standard InChI is InChI=1S/C16H28N2O3/c1-3-9-16(14(19)20)10-11-18(12-16)15(21)17(2)13-7-5-4-6-8-13/h13H,3-12H2,1-2H3,(H,19,20). The van der Waals surface area contributed by atoms with Crippen molar-refractivity contribution in [1.29, 1.82) is 0 Å². The van der Waals surface area contributed by atoms with Crippen molar-refractivity contribution in [3.8, 4) is 0 Å². The quantitative estimate of drug-likeness (QED) is 0.867. The first kappa shape index (κ1) is 16.1. The molecular weight excluding hydrogens is 268 g/mol. The van der Waals surface area contributed by atoms with E-state index in [1.54, 1.807) is 4.90 Å². The monoisotopic (exact) mass is 296 g/mol. The summed E-state index contributed by atoms with van der Waals surface area (Å²) in [7, 11) is 1.87. The molecule has 5 nitrogen and oxygen atoms in total. The maximum absolute atomic E-state index is 12.6. The van der Waals surface area contributed by atoms with E-state index in [2.05, 4.69) is 0 Å². The number of hydrogen-bond donors (Lipinski definition) is 1. The molecule has 0 aromatic carbocycles. The van der Waals surface area contributed by atoms with Crippen LogP contribution in [0.3, 0.4) is 0 Å². The topological polar surface area (TPSA) is 60.9 Å². The zero-order valence-corrected chi connectivity index (χ0v) is 13.3. The smallest absolute Gasteiger partial charge is 0.320 e. The second-order valence-corrected chi connectivity index (χ2v) is 6.69. The van der Waals surface area contributed by atoms with Gasteiger partial charge >= 0.3 is 12.0 Å². The van der Waals surface area contributed by atoms with E-state index in [1.165, 1.54) is 19.3 Å². The third-order valence-corrected chi connectivity index (χ3v) is 5.23. The van der Waals surface area contributed by atoms with E-state index < -0.39 is 11.4 Å². The molecule has 0 radical (unpaired) electrons. The zero-order chi connectivity index (χ0) is 15.5. The Morgan fingerprint density at radius 2 is 1.95 bits per heavy atom. The Hall–Kier alpha value is -1.26. The second kappa shape index (κ2) is 6.67. The van der Waals surface area contributed by atoms with Crippen LogP contribution in [0.1, 0.15) is 58.3 Å². The highest BCUT2D eigenvalue weighted by molar-refractivity contribution is 5.79. The molecule has 1 atom stereocenters. The van der Waals surface area contributed by atoms with E-state index in [0.717, 1.165) is 19.3 Å². The molecule has 0 spiro atoms. The first-order valence-electron chi connectivity index (χ1n) is 8.25. The predicted molar refractivity (Wildman–Crippen MR) is 81.2 cm³/mol. The lowest BCUT2D eigenvalue weighted by molar-refractivity contribution is -0.148. The molecule has 1 saturated heterocycles. The van der Waals surface area contributed by atoms with Crippen LogP contribution in [-0.2, 0) is 4.79 Å². The van der Waals surface area contributed by atoms with E-state index in [4.69, 9.17) is 0 Å². The van der Waals surface area contributed by atoms with Crippen molar-refractivity contribution in [1.82, 2.24) is 9.80 Å². The molecule has 0 bridgehead atoms. The molecular formula is C16H28N2O3. The van der Waals surface area contributed by atoms with Gasteiger partial charge in [-0.05, 0) is 25.7 Å². The van der Waals surface area contributed by atoms with E-state index in [1.807, 2.05) is 18.9 Å². The third-order valence-electron chi connectivity index (χ3n) is 5.23. The number of carboxylic acid groups (broad SMARTS) is 1. The Bertz CT molecular complexity index is 393. The minimum absolute atomic E-state index is 0.0149. The summed E-state index contributed by atoms with van der Waals surface area (Å²) in [5.74, 6) is -0.750. The number of carboxylic acids is 1. The molecule has 1 N–H and O–H groups in total. The minimum Gasteiger partial charge on any atom is -0.481 e. The maximum atomic E-state index is 12.6. The highest BCUT2D eigenvalue weighted by Gasteiger charge is 2.46. The van der Waals surface area contributed by atoms with E-state index in [0.29, 0.717) is 32.0 Å². The molecule has 1 aliphatic carbocycles. The number of nitrogens with zero attached hydrogens (tertiary/aromatic N) is 2. The molecule has 1 aliphatic heterocycles. The summed E-state index contributed by atoms with van der Waals surface area (Å²) < 4.78 is 0. The van der Waals surface area contributed by atoms with Crippen LogP contribution in [0.15, 0.2) is 0 Å². The summed E-state index contributed by atoms with van der Waals surface area (Å²) in [6.45, 7) is 2.94. The molecule has 2 amide bonds. The number of rotatable bonds is 4. The lowest BCUT2D eigenvalue weighted by Crippen LogP contribution is -2.47. The number of carbonyl (C=O) groups excluding carboxylic acids is 1. The van der Waals surface area contributed by atoms with Crippen LogP contribution < -0.4 is 0 Å². The van der Waals surface area contributed by atoms with Crippen LogP contribution in [0.25, 0.3) is 0 Å². The summed E-state index contributed by atoms with van der Waals surface area (Å²) in [5, 5.41) is 9.53. The normalized spacial score (nSPS) is 26.9. The SMILES string of the molecule is CCCC1(C(=O)O)CCN(C(=O)N(C)C2CCCCC2)C1. The van der Waals surface area contributed by atoms with Gasteiger partial charge in [0, 0.05) is 26.2 Å². The molecule has 1 heterocycles. The van der Waals surface area contributed by atoms with Gasteiger partial charge in [0.2, 0.25) is 0 Å². The van der Waals surface area contributed by atoms with Gasteiger partial charge in [-0.15, -0.1) is 0 Å². The van der Waals surface area contributed by atoms with Crippen LogP contribution in [-0.4, -0.2) is 53.1 Å². The second-order valence-electron chi connectivity index (χ2n) is 6.69. The summed E-state index contributed by atoms with van der Waals surface area (Å²) in [6.07, 6.45) is 7.88. The van der Waals surface area contributed by atoms with Gasteiger partial charge in [-0.2, -0.15) is 0 Å². The maximum Gasteiger partial charge on any atom is 0.320 e. The van der Waals surface area contributed by atoms with Crippen molar-refractivity contribution < 1.29 is 14.7 Å². The summed E-state index contributed by atoms with van der Waals surface area (Å²) in [4.78, 5) is 27.8. The highest BCUT2D eigenvalue weighted by atomic mass is 16.4. The first-order valence-corrected chi connectivity index (χ1v) is 8.25. The molecule has 1 saturated carbocycles. The Morgan fingerprint density at radius 3 is 2.52 bits per heavy atom. The van der Waals surface area contributed by atoms with Gasteiger partial charge in [0.1, 0.15) is 0 Å². The number of urea groups is 1. The van der Waals surface area contributed by atoms with Gasteiger partial charge < -0.3 is 14.9 Å². The number of amides is 2. The summed E-state index contributed by atoms with van der Waals surface area (Å²) in [5.41, 5.74) is -0.724. The highest BCUT2D eigenvalue weighted by Crippen LogP contribution is 2.36. The van der Waals surface area contributed by atoms with Gasteiger partial charge in [0.25, 0.3) is 0 Å². The molecule has 2 aliphatic rings. The zero-order valence-electron chi connectivity index (χ0n) is 13.3. The van der Waals surface area contributed by atoms with Gasteiger partial charge in [-0.1, -0.05) is 32.6 Å². The van der Waals surface area contributed by atoms with Crippen molar-refractivity contribution in [3.63, 3.8) is 0 Å². The largest absolute Gasteiger partial charge is 0.481 e. The molecule has 120 valence electrons. The lowest BCUT2D eigenvalue weighted by Gasteiger charge is -2.34. The number of likely N-dealkylation sites (tertiary alicyclic amines) is 1. The van der Waals surface area contributed by atoms with Gasteiger partial charge in [-0.3, -0.25) is 4.79 Å². The predicted octanol–water partition coefficient (Wildman–Crippen LogP) is 2.95. The van der Waals surface area contributed by atoms with Gasteiger partial charge in [0.15, 0.2) is 0 Å². The van der Waals surface area contributed by atoms with Gasteiger partial charge in [-0.25, -0.2) is 4.79 Å². The first-order chi connectivity index (χ1) is 10.00. The molecule has 0 aromatic heterocycles. The summed E-state index contributed by atoms with van der Waals surface area (Å²) >= 11 is 0. The van der Waals surface area contributed by atoms with Crippen LogP contribution >= 0.6 is 0 Å². The third kappa shape index (κ3) is 3.33. The molecule has 21 heavy (non-hydrogen) atoms. The fraction of sp³-hybridized carbons (Fsp3) is 0.875. The Morgan fingerprint density at radius 1 is 1.29 bits per heavy atom. The van der Waals surface area contributed by atoms with Crippen LogP contribution in [0.4, 0.5) is 4.79 Å². The Balaban J connectivity index is 1.99. The van der Waals surface area contributed by atoms with Crippen LogP contribution in [0, 0.1) is 5.41 Å². The van der Waals surface area contributed by atoms with Crippen molar-refractivity contribution >= 4 is 12.0 Å². The van der Waals surface area contributed by atoms with E-state index >= 15 is 0 Å². The van der Waals surface area contributed by atoms with E-state index in [9.17, 15) is 14.7 Å². The van der Waals surface area contributed by atoms with Crippen LogP contribution in [0.5, 0.6) is 0 Å². The molecule has 5 heteroatoms. The Kier molecular flexibility index (Phi) is 5.12. The van der Waals surface area contributed by atoms with Crippen LogP contribution in [0.2, 0.25) is 0 Å². The molecule has 2 fully saturated rings. The Labute approximate surface area is 127 Å². The fourth-order valence-electron chi connectivity index (χ4n) is 3.85. The minimum atomic E-state index is -0.750. The molecule has 1 unspecified atom stereocenters. The average Bonchev–Trinajstić information content (AvgIpc) is 2.93. The fourth-order valence-corrected chi connectivity index (χ4v) is 3.85. The van der Waals surface area contributed by atoms with Gasteiger partial charge in [0.05, 0.1) is 5.41 Å². The summed E-state index contributed by atoms with van der Waals surface area (Å²) in [6, 6.07) is 0.346. The van der Waals surface area contributed by atoms with Crippen molar-refractivity contribution in [2.24, 2.45) is 5.41 Å². The lowest BCUT2D eigenvalue weighted by atomic mass is 9.83.